The van der Waals surface area contributed by atoms with Crippen LogP contribution in [-0.4, -0.2) is 30.6 Å². The van der Waals surface area contributed by atoms with E-state index < -0.39 is 0 Å². The number of rotatable bonds is 4. The highest BCUT2D eigenvalue weighted by Gasteiger charge is 2.16. The maximum Gasteiger partial charge on any atom is 0.228 e. The third kappa shape index (κ3) is 3.82. The molecule has 0 amide bonds. The minimum atomic E-state index is -0.0708. The zero-order chi connectivity index (χ0) is 16.1. The smallest absolute Gasteiger partial charge is 0.228 e. The van der Waals surface area contributed by atoms with Crippen LogP contribution >= 0.6 is 0 Å². The molecule has 2 aromatic carbocycles. The Morgan fingerprint density at radius 2 is 1.55 bits per heavy atom. The van der Waals surface area contributed by atoms with Gasteiger partial charge in [-0.3, -0.25) is 4.79 Å². The second kappa shape index (κ2) is 7.03. The fourth-order valence-corrected chi connectivity index (χ4v) is 2.13. The molecular weight excluding hydrogens is 272 g/mol. The highest BCUT2D eigenvalue weighted by atomic mass is 16.1. The molecule has 0 aromatic heterocycles. The van der Waals surface area contributed by atoms with Crippen molar-refractivity contribution in [3.8, 4) is 0 Å². The van der Waals surface area contributed by atoms with Crippen molar-refractivity contribution in [3.63, 3.8) is 0 Å². The third-order valence-electron chi connectivity index (χ3n) is 3.46. The van der Waals surface area contributed by atoms with Gasteiger partial charge in [0.05, 0.1) is 5.69 Å². The van der Waals surface area contributed by atoms with Crippen LogP contribution < -0.4 is 0 Å². The number of likely N-dealkylation sites (N-methyl/N-ethyl adjacent to an activating group) is 1. The first-order valence-corrected chi connectivity index (χ1v) is 7.44. The predicted molar refractivity (Wildman–Crippen MR) is 92.1 cm³/mol. The molecule has 0 bridgehead atoms. The summed E-state index contributed by atoms with van der Waals surface area (Å²) in [5.41, 5.74) is 2.70. The Hall–Kier alpha value is -2.42. The van der Waals surface area contributed by atoms with Gasteiger partial charge in [-0.1, -0.05) is 56.3 Å². The van der Waals surface area contributed by atoms with Gasteiger partial charge in [0, 0.05) is 19.7 Å². The van der Waals surface area contributed by atoms with Gasteiger partial charge in [0.2, 0.25) is 5.78 Å². The van der Waals surface area contributed by atoms with Crippen molar-refractivity contribution in [2.24, 2.45) is 4.99 Å². The van der Waals surface area contributed by atoms with Crippen LogP contribution in [0.25, 0.3) is 0 Å². The molecule has 2 rings (SSSR count). The normalized spacial score (nSPS) is 11.6. The number of ketones is 1. The first kappa shape index (κ1) is 16.0. The molecule has 0 fully saturated rings. The number of hydrogen-bond donors (Lipinski definition) is 0. The fraction of sp³-hybridized carbons (Fsp3) is 0.263. The lowest BCUT2D eigenvalue weighted by atomic mass is 10.0. The summed E-state index contributed by atoms with van der Waals surface area (Å²) < 4.78 is 0. The van der Waals surface area contributed by atoms with Crippen molar-refractivity contribution >= 4 is 17.3 Å². The molecule has 0 heterocycles. The number of carbonyl (C=O) groups is 1. The van der Waals surface area contributed by atoms with Crippen molar-refractivity contribution in [1.29, 1.82) is 0 Å². The minimum Gasteiger partial charge on any atom is -0.359 e. The Balaban J connectivity index is 2.33. The molecule has 0 radical (unpaired) electrons. The average Bonchev–Trinajstić information content (AvgIpc) is 2.53. The number of nitrogens with zero attached hydrogens (tertiary/aromatic N) is 2. The van der Waals surface area contributed by atoms with Gasteiger partial charge in [0.1, 0.15) is 0 Å². The lowest BCUT2D eigenvalue weighted by Crippen LogP contribution is -2.30. The molecule has 0 unspecified atom stereocenters. The molecule has 22 heavy (non-hydrogen) atoms. The fourth-order valence-electron chi connectivity index (χ4n) is 2.13. The summed E-state index contributed by atoms with van der Waals surface area (Å²) in [4.78, 5) is 18.9. The molecule has 0 N–H and O–H groups in total. The van der Waals surface area contributed by atoms with Gasteiger partial charge in [-0.25, -0.2) is 4.99 Å². The molecule has 0 spiro atoms. The van der Waals surface area contributed by atoms with E-state index in [9.17, 15) is 4.79 Å². The number of amidine groups is 1. The lowest BCUT2D eigenvalue weighted by molar-refractivity contribution is 0.105. The van der Waals surface area contributed by atoms with Gasteiger partial charge in [0.15, 0.2) is 5.84 Å². The van der Waals surface area contributed by atoms with Gasteiger partial charge in [-0.2, -0.15) is 0 Å². The maximum absolute atomic E-state index is 12.6. The van der Waals surface area contributed by atoms with E-state index in [-0.39, 0.29) is 5.78 Å². The first-order chi connectivity index (χ1) is 10.5. The molecule has 114 valence electrons. The standard InChI is InChI=1S/C19H22N2O/c1-14(2)15-10-12-17(13-11-15)20-19(21(3)4)18(22)16-8-6-5-7-9-16/h5-14H,1-4H3. The van der Waals surface area contributed by atoms with E-state index >= 15 is 0 Å². The summed E-state index contributed by atoms with van der Waals surface area (Å²) in [6.07, 6.45) is 0. The highest BCUT2D eigenvalue weighted by molar-refractivity contribution is 6.45. The molecule has 3 nitrogen and oxygen atoms in total. The Morgan fingerprint density at radius 1 is 0.955 bits per heavy atom. The second-order valence-electron chi connectivity index (χ2n) is 5.77. The van der Waals surface area contributed by atoms with Crippen molar-refractivity contribution < 1.29 is 4.79 Å². The summed E-state index contributed by atoms with van der Waals surface area (Å²) in [6, 6.07) is 17.3. The number of benzene rings is 2. The van der Waals surface area contributed by atoms with Crippen LogP contribution in [0.5, 0.6) is 0 Å². The summed E-state index contributed by atoms with van der Waals surface area (Å²) >= 11 is 0. The number of hydrogen-bond acceptors (Lipinski definition) is 2. The molecule has 0 aliphatic carbocycles. The van der Waals surface area contributed by atoms with E-state index in [0.717, 1.165) is 5.69 Å². The lowest BCUT2D eigenvalue weighted by Gasteiger charge is -2.15. The molecule has 0 saturated heterocycles. The molecule has 0 saturated carbocycles. The number of Topliss-reactive ketones (excluding diaryl/α,β-unsaturated/α-hetero) is 1. The van der Waals surface area contributed by atoms with Crippen LogP contribution in [0.1, 0.15) is 35.7 Å². The molecular formula is C19H22N2O. The monoisotopic (exact) mass is 294 g/mol. The van der Waals surface area contributed by atoms with E-state index in [1.165, 1.54) is 5.56 Å². The van der Waals surface area contributed by atoms with Crippen molar-refractivity contribution in [1.82, 2.24) is 4.90 Å². The van der Waals surface area contributed by atoms with Gasteiger partial charge >= 0.3 is 0 Å². The van der Waals surface area contributed by atoms with Crippen molar-refractivity contribution in [2.75, 3.05) is 14.1 Å². The summed E-state index contributed by atoms with van der Waals surface area (Å²) in [6.45, 7) is 4.31. The topological polar surface area (TPSA) is 32.7 Å². The van der Waals surface area contributed by atoms with Crippen LogP contribution in [0, 0.1) is 0 Å². The largest absolute Gasteiger partial charge is 0.359 e. The number of carbonyl (C=O) groups excluding carboxylic acids is 1. The minimum absolute atomic E-state index is 0.0708. The van der Waals surface area contributed by atoms with Gasteiger partial charge in [-0.15, -0.1) is 0 Å². The molecule has 3 heteroatoms. The third-order valence-corrected chi connectivity index (χ3v) is 3.46. The van der Waals surface area contributed by atoms with Crippen LogP contribution in [0.2, 0.25) is 0 Å². The van der Waals surface area contributed by atoms with Gasteiger partial charge in [0.25, 0.3) is 0 Å². The predicted octanol–water partition coefficient (Wildman–Crippen LogP) is 4.28. The number of aliphatic imine (C=N–C) groups is 1. The van der Waals surface area contributed by atoms with E-state index in [1.54, 1.807) is 4.90 Å². The Morgan fingerprint density at radius 3 is 2.05 bits per heavy atom. The molecule has 0 atom stereocenters. The van der Waals surface area contributed by atoms with Crippen molar-refractivity contribution in [2.45, 2.75) is 19.8 Å². The quantitative estimate of drug-likeness (QED) is 0.479. The van der Waals surface area contributed by atoms with Crippen LogP contribution in [0.3, 0.4) is 0 Å². The summed E-state index contributed by atoms with van der Waals surface area (Å²) in [5, 5.41) is 0. The van der Waals surface area contributed by atoms with Crippen LogP contribution in [0.4, 0.5) is 5.69 Å². The SMILES string of the molecule is CC(C)c1ccc(N=C(C(=O)c2ccccc2)N(C)C)cc1. The molecule has 0 aliphatic heterocycles. The maximum atomic E-state index is 12.6. The highest BCUT2D eigenvalue weighted by Crippen LogP contribution is 2.20. The molecule has 0 aliphatic rings. The van der Waals surface area contributed by atoms with Gasteiger partial charge < -0.3 is 4.90 Å². The molecule has 2 aromatic rings. The van der Waals surface area contributed by atoms with E-state index in [1.807, 2.05) is 56.6 Å². The Bertz CT molecular complexity index is 656. The van der Waals surface area contributed by atoms with E-state index in [0.29, 0.717) is 17.3 Å². The first-order valence-electron chi connectivity index (χ1n) is 7.44. The average molecular weight is 294 g/mol. The van der Waals surface area contributed by atoms with Crippen LogP contribution in [0.15, 0.2) is 59.6 Å². The van der Waals surface area contributed by atoms with E-state index in [2.05, 4.69) is 31.0 Å². The summed E-state index contributed by atoms with van der Waals surface area (Å²) in [5.74, 6) is 0.847. The zero-order valence-corrected chi connectivity index (χ0v) is 13.6. The zero-order valence-electron chi connectivity index (χ0n) is 13.6. The van der Waals surface area contributed by atoms with E-state index in [4.69, 9.17) is 0 Å². The second-order valence-corrected chi connectivity index (χ2v) is 5.77. The summed E-state index contributed by atoms with van der Waals surface area (Å²) in [7, 11) is 3.67. The van der Waals surface area contributed by atoms with Crippen LogP contribution in [-0.2, 0) is 0 Å². The Kier molecular flexibility index (Phi) is 5.10. The van der Waals surface area contributed by atoms with Crippen molar-refractivity contribution in [3.05, 3.63) is 65.7 Å². The van der Waals surface area contributed by atoms with Gasteiger partial charge in [-0.05, 0) is 23.6 Å². The Labute approximate surface area is 132 Å².